The lowest BCUT2D eigenvalue weighted by molar-refractivity contribution is 0.352. The summed E-state index contributed by atoms with van der Waals surface area (Å²) in [5, 5.41) is 0. The Balaban J connectivity index is 0.000000241. The van der Waals surface area contributed by atoms with Crippen molar-refractivity contribution >= 4 is 21.8 Å². The minimum Gasteiger partial charge on any atom is -0.493 e. The third-order valence-corrected chi connectivity index (χ3v) is 16.6. The molecule has 0 radical (unpaired) electrons. The van der Waals surface area contributed by atoms with Crippen molar-refractivity contribution in [3.05, 3.63) is 80.9 Å². The molecule has 0 atom stereocenters. The summed E-state index contributed by atoms with van der Waals surface area (Å²) in [6.07, 6.45) is 44.4. The largest absolute Gasteiger partial charge is 0.493 e. The molecule has 0 aromatic heterocycles. The molecule has 0 spiro atoms. The van der Waals surface area contributed by atoms with E-state index in [9.17, 15) is 0 Å². The van der Waals surface area contributed by atoms with Gasteiger partial charge in [-0.25, -0.2) is 0 Å². The summed E-state index contributed by atoms with van der Waals surface area (Å²) in [5.74, 6) is 7.61. The predicted molar refractivity (Wildman–Crippen MR) is 333 cm³/mol. The van der Waals surface area contributed by atoms with Crippen molar-refractivity contribution in [3.63, 3.8) is 0 Å². The Morgan fingerprint density at radius 3 is 0.951 bits per heavy atom. The summed E-state index contributed by atoms with van der Waals surface area (Å²) >= 11 is 0. The van der Waals surface area contributed by atoms with Crippen LogP contribution in [0.25, 0.3) is 0 Å². The van der Waals surface area contributed by atoms with Gasteiger partial charge in [0, 0.05) is 82.6 Å². The first kappa shape index (κ1) is 65.3. The van der Waals surface area contributed by atoms with Gasteiger partial charge < -0.3 is 39.9 Å². The van der Waals surface area contributed by atoms with E-state index < -0.39 is 10.4 Å². The van der Waals surface area contributed by atoms with Crippen LogP contribution in [0.3, 0.4) is 0 Å². The van der Waals surface area contributed by atoms with Crippen LogP contribution in [0.2, 0.25) is 0 Å². The molecule has 8 rings (SSSR count). The van der Waals surface area contributed by atoms with Crippen LogP contribution in [0.15, 0.2) is 36.4 Å². The maximum atomic E-state index is 8.74. The van der Waals surface area contributed by atoms with E-state index in [1.54, 1.807) is 0 Å². The van der Waals surface area contributed by atoms with Crippen molar-refractivity contribution in [2.45, 2.75) is 259 Å². The fraction of sp³-hybridized carbons (Fsp3) is 0.647. The molecule has 4 aliphatic rings. The zero-order chi connectivity index (χ0) is 57.7. The Labute approximate surface area is 489 Å². The highest BCUT2D eigenvalue weighted by atomic mass is 32.3. The first-order chi connectivity index (χ1) is 39.4. The lowest BCUT2D eigenvalue weighted by Crippen LogP contribution is -2.01. The molecular weight excluding hydrogens is 1040 g/mol. The van der Waals surface area contributed by atoms with Gasteiger partial charge in [0.25, 0.3) is 0 Å². The fourth-order valence-electron chi connectivity index (χ4n) is 12.1. The van der Waals surface area contributed by atoms with E-state index in [0.29, 0.717) is 13.2 Å². The van der Waals surface area contributed by atoms with Gasteiger partial charge in [0.2, 0.25) is 0 Å². The average Bonchev–Trinajstić information content (AvgIpc) is 4.34. The van der Waals surface area contributed by atoms with Gasteiger partial charge >= 0.3 is 10.4 Å². The van der Waals surface area contributed by atoms with Gasteiger partial charge in [-0.2, -0.15) is 8.42 Å². The summed E-state index contributed by atoms with van der Waals surface area (Å²) in [6.45, 7) is 12.0. The third kappa shape index (κ3) is 21.4. The molecule has 4 aromatic carbocycles. The predicted octanol–water partition coefficient (Wildman–Crippen LogP) is 18.4. The molecule has 0 saturated carbocycles. The Morgan fingerprint density at radius 1 is 0.383 bits per heavy atom. The molecule has 4 aliphatic heterocycles. The van der Waals surface area contributed by atoms with Crippen molar-refractivity contribution in [3.8, 4) is 46.0 Å². The summed E-state index contributed by atoms with van der Waals surface area (Å²) in [7, 11) is -4.67. The molecule has 0 aliphatic carbocycles. The second-order valence-corrected chi connectivity index (χ2v) is 24.0. The van der Waals surface area contributed by atoms with E-state index in [1.807, 2.05) is 12.1 Å². The van der Waals surface area contributed by atoms with E-state index in [2.05, 4.69) is 52.0 Å². The number of anilines is 2. The van der Waals surface area contributed by atoms with Crippen LogP contribution in [0.5, 0.6) is 46.0 Å². The zero-order valence-electron chi connectivity index (χ0n) is 50.5. The minimum absolute atomic E-state index is 0.706. The van der Waals surface area contributed by atoms with Crippen molar-refractivity contribution in [1.82, 2.24) is 0 Å². The Morgan fingerprint density at radius 2 is 0.642 bits per heavy atom. The van der Waals surface area contributed by atoms with Gasteiger partial charge in [-0.3, -0.25) is 9.11 Å². The van der Waals surface area contributed by atoms with Crippen LogP contribution in [0.4, 0.5) is 11.4 Å². The van der Waals surface area contributed by atoms with E-state index in [0.717, 1.165) is 135 Å². The maximum absolute atomic E-state index is 8.74. The smallest absolute Gasteiger partial charge is 0.394 e. The molecule has 0 amide bonds. The van der Waals surface area contributed by atoms with Gasteiger partial charge in [0.15, 0.2) is 0 Å². The number of nitrogens with two attached hydrogens (primary N) is 2. The van der Waals surface area contributed by atoms with Gasteiger partial charge in [0.1, 0.15) is 46.0 Å². The van der Waals surface area contributed by atoms with Crippen LogP contribution in [-0.2, 0) is 61.8 Å². The zero-order valence-corrected chi connectivity index (χ0v) is 51.3. The summed E-state index contributed by atoms with van der Waals surface area (Å²) < 4.78 is 69.2. The Bertz CT molecular complexity index is 2450. The number of rotatable bonds is 36. The van der Waals surface area contributed by atoms with Crippen molar-refractivity contribution in [2.75, 3.05) is 37.9 Å². The molecule has 0 bridgehead atoms. The Hall–Kier alpha value is -4.85. The monoisotopic (exact) mass is 1140 g/mol. The number of ether oxygens (including phenoxy) is 6. The number of hydrogen-bond donors (Lipinski definition) is 4. The summed E-state index contributed by atoms with van der Waals surface area (Å²) in [5.41, 5.74) is 24.6. The number of unbranched alkanes of at least 4 members (excludes halogenated alkanes) is 24. The molecule has 4 heterocycles. The van der Waals surface area contributed by atoms with Gasteiger partial charge in [0.05, 0.1) is 26.4 Å². The second kappa shape index (κ2) is 36.0. The van der Waals surface area contributed by atoms with Gasteiger partial charge in [-0.05, 0) is 74.6 Å². The molecule has 81 heavy (non-hydrogen) atoms. The highest BCUT2D eigenvalue weighted by molar-refractivity contribution is 7.79. The average molecular weight is 1140 g/mol. The highest BCUT2D eigenvalue weighted by Gasteiger charge is 2.29. The van der Waals surface area contributed by atoms with Crippen LogP contribution in [-0.4, -0.2) is 44.0 Å². The standard InChI is InChI=1S/2C34H51NO3.H2O4S/c2*1-3-5-7-9-11-13-15-17-26-19-20-31(28-21-23-36-33(26)28)38-32-25-30(35)27(34-29(32)22-24-37-34)18-16-14-12-10-8-6-4-2;1-5(2,3)4/h2*19-20,25H,3-18,21-24,35H2,1-2H3;(H2,1,2,3,4). The van der Waals surface area contributed by atoms with Crippen LogP contribution >= 0.6 is 0 Å². The molecule has 12 nitrogen and oxygen atoms in total. The fourth-order valence-corrected chi connectivity index (χ4v) is 12.1. The van der Waals surface area contributed by atoms with Crippen molar-refractivity contribution in [1.29, 1.82) is 0 Å². The molecule has 0 unspecified atom stereocenters. The van der Waals surface area contributed by atoms with Crippen molar-refractivity contribution in [2.24, 2.45) is 0 Å². The lowest BCUT2D eigenvalue weighted by atomic mass is 9.98. The number of hydrogen-bond acceptors (Lipinski definition) is 10. The summed E-state index contributed by atoms with van der Waals surface area (Å²) in [6, 6.07) is 12.8. The SMILES string of the molecule is CCCCCCCCCc1ccc(Oc2cc(N)c(CCCCCCCCC)c3c2CCO3)c2c1OCC2.CCCCCCCCCc1ccc(Oc2cc(N)c(CCCCCCCCC)c3c2CCO3)c2c1OCC2.O=S(=O)(O)O. The second-order valence-electron chi connectivity index (χ2n) is 23.1. The Kier molecular flexibility index (Phi) is 29.0. The molecule has 4 aromatic rings. The van der Waals surface area contributed by atoms with Gasteiger partial charge in [-0.1, -0.05) is 194 Å². The first-order valence-electron chi connectivity index (χ1n) is 32.2. The van der Waals surface area contributed by atoms with Gasteiger partial charge in [-0.15, -0.1) is 0 Å². The molecular formula is C68H104N2O10S. The molecule has 0 saturated heterocycles. The molecule has 452 valence electrons. The normalized spacial score (nSPS) is 13.6. The maximum Gasteiger partial charge on any atom is 0.394 e. The lowest BCUT2D eigenvalue weighted by Gasteiger charge is -2.17. The number of benzene rings is 4. The third-order valence-electron chi connectivity index (χ3n) is 16.6. The number of nitrogen functional groups attached to an aromatic ring is 2. The first-order valence-corrected chi connectivity index (χ1v) is 33.6. The van der Waals surface area contributed by atoms with Crippen LogP contribution in [0.1, 0.15) is 252 Å². The van der Waals surface area contributed by atoms with E-state index >= 15 is 0 Å². The van der Waals surface area contributed by atoms with Crippen molar-refractivity contribution < 1.29 is 45.9 Å². The van der Waals surface area contributed by atoms with E-state index in [4.69, 9.17) is 57.4 Å². The number of aryl methyl sites for hydroxylation is 2. The van der Waals surface area contributed by atoms with E-state index in [1.165, 1.54) is 211 Å². The van der Waals surface area contributed by atoms with E-state index in [-0.39, 0.29) is 0 Å². The summed E-state index contributed by atoms with van der Waals surface area (Å²) in [4.78, 5) is 0. The molecule has 13 heteroatoms. The molecule has 0 fully saturated rings. The van der Waals surface area contributed by atoms with Crippen LogP contribution < -0.4 is 39.9 Å². The highest BCUT2D eigenvalue weighted by Crippen LogP contribution is 2.47. The molecule has 6 N–H and O–H groups in total. The minimum atomic E-state index is -4.67. The topological polar surface area (TPSA) is 182 Å². The number of fused-ring (bicyclic) bond motifs is 4. The quantitative estimate of drug-likeness (QED) is 0.0192. The van der Waals surface area contributed by atoms with Crippen LogP contribution in [0, 0.1) is 0 Å².